The zero-order valence-corrected chi connectivity index (χ0v) is 14.8. The SMILES string of the molecule is CCCCCCCCC(C(=O)OCC)N1CCCCC1.Cl. The number of carbonyl (C=O) groups is 1. The molecule has 1 heterocycles. The third-order valence-electron chi connectivity index (χ3n) is 4.22. The molecule has 1 atom stereocenters. The maximum Gasteiger partial charge on any atom is 0.323 e. The van der Waals surface area contributed by atoms with Crippen LogP contribution in [0, 0.1) is 0 Å². The van der Waals surface area contributed by atoms with Crippen molar-refractivity contribution in [2.45, 2.75) is 84.1 Å². The molecule has 1 saturated heterocycles. The smallest absolute Gasteiger partial charge is 0.323 e. The molecule has 1 rings (SSSR count). The Hall–Kier alpha value is -0.280. The number of rotatable bonds is 10. The first-order chi connectivity index (χ1) is 9.79. The van der Waals surface area contributed by atoms with E-state index in [2.05, 4.69) is 11.8 Å². The van der Waals surface area contributed by atoms with Gasteiger partial charge in [0.2, 0.25) is 0 Å². The molecular weight excluding hydrogens is 286 g/mol. The summed E-state index contributed by atoms with van der Waals surface area (Å²) in [5, 5.41) is 0. The second-order valence-electron chi connectivity index (χ2n) is 5.92. The summed E-state index contributed by atoms with van der Waals surface area (Å²) in [7, 11) is 0. The van der Waals surface area contributed by atoms with Crippen molar-refractivity contribution >= 4 is 18.4 Å². The Morgan fingerprint density at radius 3 is 2.24 bits per heavy atom. The molecule has 0 aromatic heterocycles. The number of unbranched alkanes of at least 4 members (excludes halogenated alkanes) is 5. The molecule has 0 radical (unpaired) electrons. The third-order valence-corrected chi connectivity index (χ3v) is 4.22. The summed E-state index contributed by atoms with van der Waals surface area (Å²) in [4.78, 5) is 14.5. The average Bonchev–Trinajstić information content (AvgIpc) is 2.47. The van der Waals surface area contributed by atoms with Crippen LogP contribution in [0.2, 0.25) is 0 Å². The van der Waals surface area contributed by atoms with Crippen molar-refractivity contribution in [3.63, 3.8) is 0 Å². The molecule has 126 valence electrons. The Morgan fingerprint density at radius 1 is 1.00 bits per heavy atom. The molecule has 1 aliphatic rings. The van der Waals surface area contributed by atoms with Gasteiger partial charge in [0.1, 0.15) is 6.04 Å². The van der Waals surface area contributed by atoms with Crippen LogP contribution >= 0.6 is 12.4 Å². The van der Waals surface area contributed by atoms with Crippen LogP contribution in [0.25, 0.3) is 0 Å². The number of hydrogen-bond acceptors (Lipinski definition) is 3. The molecule has 0 aromatic rings. The van der Waals surface area contributed by atoms with Crippen LogP contribution in [0.3, 0.4) is 0 Å². The van der Waals surface area contributed by atoms with E-state index in [0.717, 1.165) is 25.9 Å². The van der Waals surface area contributed by atoms with Gasteiger partial charge in [0.25, 0.3) is 0 Å². The summed E-state index contributed by atoms with van der Waals surface area (Å²) >= 11 is 0. The van der Waals surface area contributed by atoms with Gasteiger partial charge in [0.15, 0.2) is 0 Å². The first-order valence-corrected chi connectivity index (χ1v) is 8.70. The highest BCUT2D eigenvalue weighted by molar-refractivity contribution is 5.85. The Labute approximate surface area is 137 Å². The highest BCUT2D eigenvalue weighted by Gasteiger charge is 2.27. The summed E-state index contributed by atoms with van der Waals surface area (Å²) in [6, 6.07) is 0.0152. The number of piperidine rings is 1. The van der Waals surface area contributed by atoms with Crippen LogP contribution < -0.4 is 0 Å². The third kappa shape index (κ3) is 8.67. The predicted molar refractivity (Wildman–Crippen MR) is 91.1 cm³/mol. The highest BCUT2D eigenvalue weighted by atomic mass is 35.5. The van der Waals surface area contributed by atoms with E-state index in [4.69, 9.17) is 4.74 Å². The Balaban J connectivity index is 0.00000400. The van der Waals surface area contributed by atoms with Gasteiger partial charge in [-0.05, 0) is 39.3 Å². The lowest BCUT2D eigenvalue weighted by Crippen LogP contribution is -2.44. The van der Waals surface area contributed by atoms with Gasteiger partial charge in [-0.1, -0.05) is 51.9 Å². The molecule has 21 heavy (non-hydrogen) atoms. The molecule has 3 nitrogen and oxygen atoms in total. The average molecular weight is 320 g/mol. The van der Waals surface area contributed by atoms with E-state index in [1.165, 1.54) is 51.4 Å². The predicted octanol–water partition coefficient (Wildman–Crippen LogP) is 4.58. The van der Waals surface area contributed by atoms with Gasteiger partial charge in [-0.15, -0.1) is 12.4 Å². The van der Waals surface area contributed by atoms with E-state index in [1.54, 1.807) is 0 Å². The Bertz CT molecular complexity index is 255. The van der Waals surface area contributed by atoms with Crippen molar-refractivity contribution in [2.24, 2.45) is 0 Å². The van der Waals surface area contributed by atoms with Crippen LogP contribution in [0.1, 0.15) is 78.1 Å². The fourth-order valence-corrected chi connectivity index (χ4v) is 3.04. The number of esters is 1. The maximum absolute atomic E-state index is 12.1. The van der Waals surface area contributed by atoms with Crippen molar-refractivity contribution in [1.82, 2.24) is 4.90 Å². The second-order valence-corrected chi connectivity index (χ2v) is 5.92. The standard InChI is InChI=1S/C17H33NO2.ClH/c1-3-5-6-7-8-10-13-16(17(19)20-4-2)18-14-11-9-12-15-18;/h16H,3-15H2,1-2H3;1H. The summed E-state index contributed by atoms with van der Waals surface area (Å²) in [6.07, 6.45) is 12.4. The van der Waals surface area contributed by atoms with Crippen LogP contribution in [0.4, 0.5) is 0 Å². The zero-order valence-electron chi connectivity index (χ0n) is 13.9. The lowest BCUT2D eigenvalue weighted by atomic mass is 10.0. The second kappa shape index (κ2) is 13.4. The molecule has 1 fully saturated rings. The minimum Gasteiger partial charge on any atom is -0.465 e. The lowest BCUT2D eigenvalue weighted by molar-refractivity contribution is -0.150. The molecule has 4 heteroatoms. The fraction of sp³-hybridized carbons (Fsp3) is 0.941. The van der Waals surface area contributed by atoms with Gasteiger partial charge in [0, 0.05) is 0 Å². The molecule has 0 aliphatic carbocycles. The molecule has 0 aromatic carbocycles. The van der Waals surface area contributed by atoms with E-state index in [9.17, 15) is 4.79 Å². The molecular formula is C17H34ClNO2. The topological polar surface area (TPSA) is 29.5 Å². The molecule has 0 spiro atoms. The lowest BCUT2D eigenvalue weighted by Gasteiger charge is -2.33. The molecule has 1 unspecified atom stereocenters. The zero-order chi connectivity index (χ0) is 14.6. The van der Waals surface area contributed by atoms with Crippen LogP contribution in [-0.4, -0.2) is 36.6 Å². The summed E-state index contributed by atoms with van der Waals surface area (Å²) in [6.45, 7) is 6.78. The van der Waals surface area contributed by atoms with Crippen LogP contribution in [0.15, 0.2) is 0 Å². The minimum atomic E-state index is 0. The van der Waals surface area contributed by atoms with Crippen LogP contribution in [0.5, 0.6) is 0 Å². The summed E-state index contributed by atoms with van der Waals surface area (Å²) in [5.74, 6) is 0.00274. The monoisotopic (exact) mass is 319 g/mol. The van der Waals surface area contributed by atoms with Gasteiger partial charge in [-0.3, -0.25) is 9.69 Å². The van der Waals surface area contributed by atoms with Crippen LogP contribution in [-0.2, 0) is 9.53 Å². The van der Waals surface area contributed by atoms with Gasteiger partial charge in [0.05, 0.1) is 6.61 Å². The van der Waals surface area contributed by atoms with Crippen molar-refractivity contribution in [2.75, 3.05) is 19.7 Å². The number of nitrogens with zero attached hydrogens (tertiary/aromatic N) is 1. The minimum absolute atomic E-state index is 0. The fourth-order valence-electron chi connectivity index (χ4n) is 3.04. The largest absolute Gasteiger partial charge is 0.465 e. The number of hydrogen-bond donors (Lipinski definition) is 0. The number of carbonyl (C=O) groups excluding carboxylic acids is 1. The molecule has 0 N–H and O–H groups in total. The molecule has 0 amide bonds. The number of ether oxygens (including phenoxy) is 1. The first kappa shape index (κ1) is 20.7. The van der Waals surface area contributed by atoms with E-state index in [0.29, 0.717) is 6.61 Å². The van der Waals surface area contributed by atoms with Crippen molar-refractivity contribution in [1.29, 1.82) is 0 Å². The summed E-state index contributed by atoms with van der Waals surface area (Å²) in [5.41, 5.74) is 0. The molecule has 0 saturated carbocycles. The van der Waals surface area contributed by atoms with Gasteiger partial charge < -0.3 is 4.74 Å². The Kier molecular flexibility index (Phi) is 13.2. The Morgan fingerprint density at radius 2 is 1.62 bits per heavy atom. The van der Waals surface area contributed by atoms with Gasteiger partial charge in [-0.25, -0.2) is 0 Å². The van der Waals surface area contributed by atoms with Crippen molar-refractivity contribution in [3.8, 4) is 0 Å². The maximum atomic E-state index is 12.1. The molecule has 0 bridgehead atoms. The quantitative estimate of drug-likeness (QED) is 0.436. The number of likely N-dealkylation sites (tertiary alicyclic amines) is 1. The normalized spacial score (nSPS) is 17.0. The van der Waals surface area contributed by atoms with Crippen molar-refractivity contribution in [3.05, 3.63) is 0 Å². The van der Waals surface area contributed by atoms with E-state index in [-0.39, 0.29) is 24.4 Å². The highest BCUT2D eigenvalue weighted by Crippen LogP contribution is 2.18. The summed E-state index contributed by atoms with van der Waals surface area (Å²) < 4.78 is 5.27. The van der Waals surface area contributed by atoms with Gasteiger partial charge >= 0.3 is 5.97 Å². The first-order valence-electron chi connectivity index (χ1n) is 8.70. The van der Waals surface area contributed by atoms with Crippen molar-refractivity contribution < 1.29 is 9.53 Å². The van der Waals surface area contributed by atoms with E-state index >= 15 is 0 Å². The number of halogens is 1. The van der Waals surface area contributed by atoms with E-state index < -0.39 is 0 Å². The van der Waals surface area contributed by atoms with E-state index in [1.807, 2.05) is 6.92 Å². The molecule has 1 aliphatic heterocycles. The van der Waals surface area contributed by atoms with Gasteiger partial charge in [-0.2, -0.15) is 0 Å².